The molecule has 1 aromatic heterocycles. The molecular weight excluding hydrogens is 180 g/mol. The Morgan fingerprint density at radius 1 is 1.67 bits per heavy atom. The first kappa shape index (κ1) is 9.02. The number of aromatic carboxylic acids is 1. The smallest absolute Gasteiger partial charge is 0.340 e. The number of hydrogen-bond donors (Lipinski definition) is 2. The van der Waals surface area contributed by atoms with Crippen molar-refractivity contribution < 1.29 is 19.7 Å². The molecule has 4 nitrogen and oxygen atoms in total. The number of rotatable bonds is 4. The molecule has 0 aromatic carbocycles. The minimum atomic E-state index is -1.01. The Hall–Kier alpha value is -1.07. The number of hydrogen-bond acceptors (Lipinski definition) is 4. The van der Waals surface area contributed by atoms with E-state index < -0.39 is 5.97 Å². The summed E-state index contributed by atoms with van der Waals surface area (Å²) in [6.45, 7) is 0.0117. The molecule has 12 heavy (non-hydrogen) atoms. The van der Waals surface area contributed by atoms with Crippen LogP contribution in [0.2, 0.25) is 0 Å². The Kier molecular flexibility index (Phi) is 3.07. The van der Waals surface area contributed by atoms with Gasteiger partial charge in [-0.3, -0.25) is 0 Å². The number of ether oxygens (including phenoxy) is 1. The highest BCUT2D eigenvalue weighted by Gasteiger charge is 2.11. The Morgan fingerprint density at radius 2 is 2.42 bits per heavy atom. The van der Waals surface area contributed by atoms with Gasteiger partial charge in [0.15, 0.2) is 5.06 Å². The number of carboxylic acids is 1. The van der Waals surface area contributed by atoms with Crippen molar-refractivity contribution in [2.24, 2.45) is 0 Å². The predicted octanol–water partition coefficient (Wildman–Crippen LogP) is 0.817. The highest BCUT2D eigenvalue weighted by Crippen LogP contribution is 2.25. The summed E-state index contributed by atoms with van der Waals surface area (Å²) < 4.78 is 4.98. The molecule has 66 valence electrons. The van der Waals surface area contributed by atoms with Crippen LogP contribution in [-0.2, 0) is 0 Å². The van der Waals surface area contributed by atoms with Crippen LogP contribution in [0, 0.1) is 0 Å². The maximum Gasteiger partial charge on any atom is 0.340 e. The summed E-state index contributed by atoms with van der Waals surface area (Å²) in [5.74, 6) is -1.01. The van der Waals surface area contributed by atoms with Crippen LogP contribution < -0.4 is 4.74 Å². The summed E-state index contributed by atoms with van der Waals surface area (Å²) in [6.07, 6.45) is 0. The number of carboxylic acid groups (broad SMARTS) is 1. The van der Waals surface area contributed by atoms with Crippen molar-refractivity contribution in [3.8, 4) is 5.06 Å². The summed E-state index contributed by atoms with van der Waals surface area (Å²) in [4.78, 5) is 10.5. The molecule has 0 atom stereocenters. The fourth-order valence-corrected chi connectivity index (χ4v) is 1.47. The normalized spacial score (nSPS) is 9.75. The quantitative estimate of drug-likeness (QED) is 0.734. The van der Waals surface area contributed by atoms with E-state index in [1.165, 1.54) is 17.4 Å². The lowest BCUT2D eigenvalue weighted by atomic mass is 10.3. The van der Waals surface area contributed by atoms with Crippen molar-refractivity contribution in [2.75, 3.05) is 13.2 Å². The van der Waals surface area contributed by atoms with Crippen LogP contribution in [-0.4, -0.2) is 29.4 Å². The second-order valence-electron chi connectivity index (χ2n) is 2.00. The van der Waals surface area contributed by atoms with Gasteiger partial charge in [0.2, 0.25) is 0 Å². The maximum atomic E-state index is 10.5. The second-order valence-corrected chi connectivity index (χ2v) is 2.88. The number of carbonyl (C=O) groups is 1. The minimum absolute atomic E-state index is 0.114. The molecule has 0 spiro atoms. The third-order valence-electron chi connectivity index (χ3n) is 1.18. The predicted molar refractivity (Wildman–Crippen MR) is 43.9 cm³/mol. The van der Waals surface area contributed by atoms with E-state index in [0.29, 0.717) is 5.06 Å². The van der Waals surface area contributed by atoms with Crippen LogP contribution >= 0.6 is 11.3 Å². The maximum absolute atomic E-state index is 10.5. The Bertz CT molecular complexity index is 268. The molecule has 2 N–H and O–H groups in total. The zero-order valence-corrected chi connectivity index (χ0v) is 7.00. The summed E-state index contributed by atoms with van der Waals surface area (Å²) in [5.41, 5.74) is 0.147. The number of aliphatic hydroxyl groups is 1. The van der Waals surface area contributed by atoms with Crippen LogP contribution in [0.25, 0.3) is 0 Å². The molecule has 0 saturated carbocycles. The van der Waals surface area contributed by atoms with E-state index in [9.17, 15) is 4.79 Å². The van der Waals surface area contributed by atoms with Gasteiger partial charge in [0, 0.05) is 0 Å². The van der Waals surface area contributed by atoms with Crippen LogP contribution in [0.4, 0.5) is 0 Å². The van der Waals surface area contributed by atoms with Crippen molar-refractivity contribution in [3.63, 3.8) is 0 Å². The molecule has 1 heterocycles. The van der Waals surface area contributed by atoms with Crippen molar-refractivity contribution in [2.45, 2.75) is 0 Å². The molecule has 0 bridgehead atoms. The zero-order valence-electron chi connectivity index (χ0n) is 6.19. The lowest BCUT2D eigenvalue weighted by Gasteiger charge is -2.00. The summed E-state index contributed by atoms with van der Waals surface area (Å²) >= 11 is 1.20. The van der Waals surface area contributed by atoms with Gasteiger partial charge in [-0.1, -0.05) is 0 Å². The third kappa shape index (κ3) is 1.96. The molecule has 0 aliphatic carbocycles. The fraction of sp³-hybridized carbons (Fsp3) is 0.286. The molecule has 0 unspecified atom stereocenters. The van der Waals surface area contributed by atoms with Gasteiger partial charge in [-0.25, -0.2) is 4.79 Å². The van der Waals surface area contributed by atoms with Gasteiger partial charge in [-0.05, 0) is 11.4 Å². The first-order chi connectivity index (χ1) is 5.75. The van der Waals surface area contributed by atoms with Gasteiger partial charge < -0.3 is 14.9 Å². The van der Waals surface area contributed by atoms with Crippen LogP contribution in [0.15, 0.2) is 11.4 Å². The third-order valence-corrected chi connectivity index (χ3v) is 2.01. The minimum Gasteiger partial charge on any atom is -0.481 e. The van der Waals surface area contributed by atoms with Gasteiger partial charge >= 0.3 is 5.97 Å². The van der Waals surface area contributed by atoms with Gasteiger partial charge in [0.25, 0.3) is 0 Å². The molecule has 0 amide bonds. The first-order valence-electron chi connectivity index (χ1n) is 3.30. The molecule has 1 rings (SSSR count). The van der Waals surface area contributed by atoms with Crippen molar-refractivity contribution in [3.05, 3.63) is 17.0 Å². The Balaban J connectivity index is 2.70. The van der Waals surface area contributed by atoms with Crippen LogP contribution in [0.3, 0.4) is 0 Å². The monoisotopic (exact) mass is 188 g/mol. The van der Waals surface area contributed by atoms with E-state index in [4.69, 9.17) is 14.9 Å². The summed E-state index contributed by atoms with van der Waals surface area (Å²) in [7, 11) is 0. The number of thiophene rings is 1. The zero-order chi connectivity index (χ0) is 8.97. The van der Waals surface area contributed by atoms with E-state index in [-0.39, 0.29) is 18.8 Å². The second kappa shape index (κ2) is 4.08. The van der Waals surface area contributed by atoms with E-state index in [2.05, 4.69) is 0 Å². The average Bonchev–Trinajstić information content (AvgIpc) is 2.48. The van der Waals surface area contributed by atoms with Gasteiger partial charge in [-0.2, -0.15) is 0 Å². The summed E-state index contributed by atoms with van der Waals surface area (Å²) in [6, 6.07) is 1.47. The van der Waals surface area contributed by atoms with Gasteiger partial charge in [0.05, 0.1) is 6.61 Å². The van der Waals surface area contributed by atoms with Crippen LogP contribution in [0.5, 0.6) is 5.06 Å². The largest absolute Gasteiger partial charge is 0.481 e. The molecule has 0 aliphatic rings. The number of aliphatic hydroxyl groups excluding tert-OH is 1. The van der Waals surface area contributed by atoms with Crippen molar-refractivity contribution in [1.82, 2.24) is 0 Å². The van der Waals surface area contributed by atoms with E-state index in [0.717, 1.165) is 0 Å². The van der Waals surface area contributed by atoms with Crippen LogP contribution in [0.1, 0.15) is 10.4 Å². The van der Waals surface area contributed by atoms with Crippen molar-refractivity contribution >= 4 is 17.3 Å². The molecule has 0 aliphatic heterocycles. The average molecular weight is 188 g/mol. The highest BCUT2D eigenvalue weighted by molar-refractivity contribution is 7.12. The molecule has 1 aromatic rings. The first-order valence-corrected chi connectivity index (χ1v) is 4.18. The molecule has 5 heteroatoms. The Morgan fingerprint density at radius 3 is 3.00 bits per heavy atom. The lowest BCUT2D eigenvalue weighted by Crippen LogP contribution is -2.04. The standard InChI is InChI=1S/C7H8O4S/c8-2-3-11-7-5(6(9)10)1-4-12-7/h1,4,8H,2-3H2,(H,9,10). The lowest BCUT2D eigenvalue weighted by molar-refractivity contribution is 0.0692. The van der Waals surface area contributed by atoms with E-state index in [1.54, 1.807) is 5.38 Å². The SMILES string of the molecule is O=C(O)c1ccsc1OCCO. The molecule has 0 saturated heterocycles. The fourth-order valence-electron chi connectivity index (χ4n) is 0.704. The molecule has 0 fully saturated rings. The summed E-state index contributed by atoms with van der Waals surface area (Å²) in [5, 5.41) is 19.0. The molecular formula is C7H8O4S. The van der Waals surface area contributed by atoms with E-state index >= 15 is 0 Å². The van der Waals surface area contributed by atoms with Crippen molar-refractivity contribution in [1.29, 1.82) is 0 Å². The molecule has 0 radical (unpaired) electrons. The van der Waals surface area contributed by atoms with Gasteiger partial charge in [0.1, 0.15) is 12.2 Å². The van der Waals surface area contributed by atoms with E-state index in [1.807, 2.05) is 0 Å². The Labute approximate surface area is 73.0 Å². The highest BCUT2D eigenvalue weighted by atomic mass is 32.1. The van der Waals surface area contributed by atoms with Gasteiger partial charge in [-0.15, -0.1) is 11.3 Å². The topological polar surface area (TPSA) is 66.8 Å².